The van der Waals surface area contributed by atoms with Crippen molar-refractivity contribution < 1.29 is 28.9 Å². The molecule has 0 saturated carbocycles. The molecule has 0 atom stereocenters. The molecular formula is C27H27NO6. The fraction of sp³-hybridized carbons (Fsp3) is 0.333. The lowest BCUT2D eigenvalue weighted by Gasteiger charge is -2.32. The third-order valence-corrected chi connectivity index (χ3v) is 6.70. The van der Waals surface area contributed by atoms with E-state index in [4.69, 9.17) is 14.2 Å². The number of nitrogens with zero attached hydrogens (tertiary/aromatic N) is 1. The first-order valence-electron chi connectivity index (χ1n) is 11.5. The van der Waals surface area contributed by atoms with Crippen LogP contribution in [0.3, 0.4) is 0 Å². The molecule has 7 heteroatoms. The van der Waals surface area contributed by atoms with Gasteiger partial charge in [-0.2, -0.15) is 0 Å². The first kappa shape index (κ1) is 22.2. The van der Waals surface area contributed by atoms with E-state index in [0.29, 0.717) is 42.4 Å². The molecule has 0 bridgehead atoms. The minimum Gasteiger partial charge on any atom is -0.507 e. The number of Topliss-reactive ketones (excluding diaryl/α,β-unsaturated/α-hetero) is 1. The number of aromatic hydroxyl groups is 1. The molecule has 2 heterocycles. The third-order valence-electron chi connectivity index (χ3n) is 6.70. The molecule has 0 aromatic heterocycles. The quantitative estimate of drug-likeness (QED) is 0.450. The van der Waals surface area contributed by atoms with E-state index in [2.05, 4.69) is 4.90 Å². The summed E-state index contributed by atoms with van der Waals surface area (Å²) in [4.78, 5) is 27.6. The summed E-state index contributed by atoms with van der Waals surface area (Å²) in [6.07, 6.45) is 1.45. The number of methoxy groups -OCH3 is 1. The van der Waals surface area contributed by atoms with Crippen LogP contribution in [0.1, 0.15) is 39.1 Å². The minimum absolute atomic E-state index is 0.0416. The Balaban J connectivity index is 1.31. The summed E-state index contributed by atoms with van der Waals surface area (Å²) in [6.45, 7) is 2.93. The lowest BCUT2D eigenvalue weighted by atomic mass is 9.88. The number of benzene rings is 3. The molecule has 1 fully saturated rings. The molecule has 1 saturated heterocycles. The molecule has 7 nitrogen and oxygen atoms in total. The van der Waals surface area contributed by atoms with E-state index >= 15 is 0 Å². The number of phenolic OH excluding ortho intramolecular Hbond substituents is 1. The van der Waals surface area contributed by atoms with Crippen molar-refractivity contribution in [2.45, 2.75) is 19.4 Å². The highest BCUT2D eigenvalue weighted by Crippen LogP contribution is 2.35. The molecule has 34 heavy (non-hydrogen) atoms. The number of fused-ring (bicyclic) bond motifs is 2. The summed E-state index contributed by atoms with van der Waals surface area (Å²) < 4.78 is 16.0. The number of ketones is 1. The molecular weight excluding hydrogens is 434 g/mol. The molecule has 0 aliphatic carbocycles. The highest BCUT2D eigenvalue weighted by molar-refractivity contribution is 6.00. The Morgan fingerprint density at radius 1 is 1.03 bits per heavy atom. The number of phenols is 1. The molecule has 0 radical (unpaired) electrons. The van der Waals surface area contributed by atoms with Crippen LogP contribution in [0, 0.1) is 5.92 Å². The van der Waals surface area contributed by atoms with Gasteiger partial charge in [-0.25, -0.2) is 4.79 Å². The molecule has 3 aromatic carbocycles. The van der Waals surface area contributed by atoms with Crippen molar-refractivity contribution in [2.24, 2.45) is 5.92 Å². The van der Waals surface area contributed by atoms with Gasteiger partial charge in [0.05, 0.1) is 7.11 Å². The molecule has 5 rings (SSSR count). The van der Waals surface area contributed by atoms with Gasteiger partial charge in [-0.1, -0.05) is 24.3 Å². The van der Waals surface area contributed by atoms with E-state index in [-0.39, 0.29) is 23.0 Å². The highest BCUT2D eigenvalue weighted by Gasteiger charge is 2.28. The van der Waals surface area contributed by atoms with Crippen LogP contribution in [0.15, 0.2) is 48.5 Å². The summed E-state index contributed by atoms with van der Waals surface area (Å²) in [6, 6.07) is 14.8. The van der Waals surface area contributed by atoms with Gasteiger partial charge in [0.1, 0.15) is 24.5 Å². The Hall–Kier alpha value is -3.58. The zero-order valence-electron chi connectivity index (χ0n) is 19.1. The van der Waals surface area contributed by atoms with Gasteiger partial charge in [0.25, 0.3) is 0 Å². The molecule has 0 unspecified atom stereocenters. The van der Waals surface area contributed by atoms with Crippen LogP contribution in [-0.2, 0) is 11.3 Å². The number of piperidine rings is 1. The van der Waals surface area contributed by atoms with Crippen LogP contribution in [-0.4, -0.2) is 55.2 Å². The van der Waals surface area contributed by atoms with Gasteiger partial charge in [0, 0.05) is 23.6 Å². The van der Waals surface area contributed by atoms with Crippen molar-refractivity contribution in [3.05, 3.63) is 65.2 Å². The number of rotatable bonds is 5. The maximum absolute atomic E-state index is 13.1. The van der Waals surface area contributed by atoms with Crippen molar-refractivity contribution in [3.8, 4) is 17.2 Å². The Morgan fingerprint density at radius 3 is 2.53 bits per heavy atom. The number of likely N-dealkylation sites (tertiary alicyclic amines) is 1. The molecule has 2 aliphatic rings. The standard InChI is InChI=1S/C27H27NO6/c1-32-27(31)21-14-18-4-2-3-5-20(18)22(26(21)30)16-28-10-8-17(9-11-28)25(29)19-6-7-23-24(15-19)34-13-12-33-23/h2-7,14-15,17,30H,8-13,16H2,1H3. The van der Waals surface area contributed by atoms with Gasteiger partial charge in [0.2, 0.25) is 0 Å². The van der Waals surface area contributed by atoms with Gasteiger partial charge in [0.15, 0.2) is 17.3 Å². The zero-order chi connectivity index (χ0) is 23.7. The van der Waals surface area contributed by atoms with Crippen LogP contribution >= 0.6 is 0 Å². The van der Waals surface area contributed by atoms with E-state index < -0.39 is 5.97 Å². The van der Waals surface area contributed by atoms with Crippen LogP contribution in [0.25, 0.3) is 10.8 Å². The normalized spacial score (nSPS) is 16.4. The van der Waals surface area contributed by atoms with Crippen molar-refractivity contribution in [3.63, 3.8) is 0 Å². The van der Waals surface area contributed by atoms with Crippen LogP contribution in [0.4, 0.5) is 0 Å². The highest BCUT2D eigenvalue weighted by atomic mass is 16.6. The largest absolute Gasteiger partial charge is 0.507 e. The Labute approximate surface area is 197 Å². The van der Waals surface area contributed by atoms with Crippen LogP contribution < -0.4 is 9.47 Å². The average Bonchev–Trinajstić information content (AvgIpc) is 2.89. The molecule has 0 amide bonds. The zero-order valence-corrected chi connectivity index (χ0v) is 19.1. The summed E-state index contributed by atoms with van der Waals surface area (Å²) in [5, 5.41) is 12.7. The van der Waals surface area contributed by atoms with Gasteiger partial charge < -0.3 is 19.3 Å². The summed E-state index contributed by atoms with van der Waals surface area (Å²) in [5.41, 5.74) is 1.52. The van der Waals surface area contributed by atoms with E-state index in [1.165, 1.54) is 7.11 Å². The average molecular weight is 462 g/mol. The fourth-order valence-electron chi connectivity index (χ4n) is 4.85. The third kappa shape index (κ3) is 4.19. The monoisotopic (exact) mass is 461 g/mol. The maximum atomic E-state index is 13.1. The number of hydrogen-bond donors (Lipinski definition) is 1. The topological polar surface area (TPSA) is 85.3 Å². The molecule has 176 valence electrons. The fourth-order valence-corrected chi connectivity index (χ4v) is 4.85. The smallest absolute Gasteiger partial charge is 0.341 e. The summed E-state index contributed by atoms with van der Waals surface area (Å²) >= 11 is 0. The first-order chi connectivity index (χ1) is 16.5. The van der Waals surface area contributed by atoms with Crippen LogP contribution in [0.5, 0.6) is 17.2 Å². The lowest BCUT2D eigenvalue weighted by molar-refractivity contribution is 0.0596. The van der Waals surface area contributed by atoms with Gasteiger partial charge in [-0.05, 0) is 61.0 Å². The molecule has 1 N–H and O–H groups in total. The number of hydrogen-bond acceptors (Lipinski definition) is 7. The lowest BCUT2D eigenvalue weighted by Crippen LogP contribution is -2.36. The molecule has 0 spiro atoms. The summed E-state index contributed by atoms with van der Waals surface area (Å²) in [5.74, 6) is 0.762. The van der Waals surface area contributed by atoms with Crippen molar-refractivity contribution in [1.82, 2.24) is 4.90 Å². The van der Waals surface area contributed by atoms with Crippen molar-refractivity contribution in [2.75, 3.05) is 33.4 Å². The summed E-state index contributed by atoms with van der Waals surface area (Å²) in [7, 11) is 1.31. The van der Waals surface area contributed by atoms with Crippen LogP contribution in [0.2, 0.25) is 0 Å². The van der Waals surface area contributed by atoms with Gasteiger partial charge in [-0.15, -0.1) is 0 Å². The van der Waals surface area contributed by atoms with Crippen molar-refractivity contribution in [1.29, 1.82) is 0 Å². The minimum atomic E-state index is -0.562. The second-order valence-corrected chi connectivity index (χ2v) is 8.74. The SMILES string of the molecule is COC(=O)c1cc2ccccc2c(CN2CCC(C(=O)c3ccc4c(c3)OCCO4)CC2)c1O. The first-order valence-corrected chi connectivity index (χ1v) is 11.5. The van der Waals surface area contributed by atoms with E-state index in [1.807, 2.05) is 30.3 Å². The molecule has 2 aliphatic heterocycles. The number of ether oxygens (including phenoxy) is 3. The Morgan fingerprint density at radius 2 is 1.76 bits per heavy atom. The Kier molecular flexibility index (Phi) is 6.11. The Bertz CT molecular complexity index is 1250. The van der Waals surface area contributed by atoms with Gasteiger partial charge >= 0.3 is 5.97 Å². The van der Waals surface area contributed by atoms with E-state index in [0.717, 1.165) is 36.7 Å². The van der Waals surface area contributed by atoms with E-state index in [9.17, 15) is 14.7 Å². The predicted octanol–water partition coefficient (Wildman–Crippen LogP) is 4.20. The maximum Gasteiger partial charge on any atom is 0.341 e. The number of carbonyl (C=O) groups excluding carboxylic acids is 2. The number of carbonyl (C=O) groups is 2. The van der Waals surface area contributed by atoms with Gasteiger partial charge in [-0.3, -0.25) is 9.69 Å². The molecule has 3 aromatic rings. The van der Waals surface area contributed by atoms with Crippen molar-refractivity contribution >= 4 is 22.5 Å². The van der Waals surface area contributed by atoms with E-state index in [1.54, 1.807) is 18.2 Å². The second kappa shape index (κ2) is 9.35. The second-order valence-electron chi connectivity index (χ2n) is 8.74. The predicted molar refractivity (Wildman–Crippen MR) is 127 cm³/mol. The number of esters is 1.